The van der Waals surface area contributed by atoms with Gasteiger partial charge < -0.3 is 11.1 Å². The van der Waals surface area contributed by atoms with Crippen LogP contribution in [0.2, 0.25) is 0 Å². The van der Waals surface area contributed by atoms with E-state index in [-0.39, 0.29) is 11.5 Å². The van der Waals surface area contributed by atoms with Crippen molar-refractivity contribution in [2.75, 3.05) is 13.1 Å². The molecule has 2 atom stereocenters. The Morgan fingerprint density at radius 2 is 1.92 bits per heavy atom. The van der Waals surface area contributed by atoms with E-state index >= 15 is 0 Å². The molecule has 1 spiro atoms. The molecule has 0 unspecified atom stereocenters. The Kier molecular flexibility index (Phi) is 2.09. The van der Waals surface area contributed by atoms with Gasteiger partial charge in [-0.2, -0.15) is 0 Å². The second kappa shape index (κ2) is 2.96. The highest BCUT2D eigenvalue weighted by Crippen LogP contribution is 2.45. The molecule has 1 aliphatic heterocycles. The number of nitrogens with two attached hydrogens (primary N) is 1. The maximum absolute atomic E-state index is 13.2. The average molecular weight is 172 g/mol. The Balaban J connectivity index is 2.09. The summed E-state index contributed by atoms with van der Waals surface area (Å²) in [4.78, 5) is 0. The van der Waals surface area contributed by atoms with Crippen molar-refractivity contribution in [3.8, 4) is 0 Å². The van der Waals surface area contributed by atoms with E-state index in [1.165, 1.54) is 0 Å². The number of alkyl halides is 1. The van der Waals surface area contributed by atoms with Gasteiger partial charge in [-0.15, -0.1) is 0 Å². The first kappa shape index (κ1) is 8.45. The van der Waals surface area contributed by atoms with E-state index < -0.39 is 6.17 Å². The summed E-state index contributed by atoms with van der Waals surface area (Å²) in [6.45, 7) is 2.03. The average Bonchev–Trinajstić information content (AvgIpc) is 2.37. The Morgan fingerprint density at radius 3 is 2.42 bits per heavy atom. The number of nitrogens with one attached hydrogen (secondary N) is 1. The third kappa shape index (κ3) is 1.15. The monoisotopic (exact) mass is 172 g/mol. The molecule has 2 fully saturated rings. The molecule has 1 aliphatic carbocycles. The van der Waals surface area contributed by atoms with Crippen LogP contribution < -0.4 is 11.1 Å². The molecule has 2 rings (SSSR count). The number of piperidine rings is 1. The lowest BCUT2D eigenvalue weighted by atomic mass is 9.75. The van der Waals surface area contributed by atoms with E-state index in [1.54, 1.807) is 0 Å². The highest BCUT2D eigenvalue weighted by atomic mass is 19.1. The number of hydrogen-bond donors (Lipinski definition) is 2. The van der Waals surface area contributed by atoms with Gasteiger partial charge in [-0.1, -0.05) is 0 Å². The van der Waals surface area contributed by atoms with E-state index in [0.29, 0.717) is 6.42 Å². The number of hydrogen-bond acceptors (Lipinski definition) is 2. The minimum absolute atomic E-state index is 0.144. The van der Waals surface area contributed by atoms with Crippen molar-refractivity contribution in [3.05, 3.63) is 0 Å². The Hall–Kier alpha value is -0.150. The van der Waals surface area contributed by atoms with E-state index in [2.05, 4.69) is 5.32 Å². The summed E-state index contributed by atoms with van der Waals surface area (Å²) in [6.07, 6.45) is 3.06. The van der Waals surface area contributed by atoms with Gasteiger partial charge in [0.05, 0.1) is 0 Å². The Bertz CT molecular complexity index is 160. The molecule has 2 aliphatic rings. The maximum atomic E-state index is 13.2. The van der Waals surface area contributed by atoms with E-state index in [0.717, 1.165) is 32.4 Å². The predicted octanol–water partition coefficient (Wildman–Crippen LogP) is 0.815. The van der Waals surface area contributed by atoms with Crippen LogP contribution in [0.25, 0.3) is 0 Å². The van der Waals surface area contributed by atoms with Crippen molar-refractivity contribution in [1.29, 1.82) is 0 Å². The molecule has 0 aromatic heterocycles. The standard InChI is InChI=1S/C9H17FN2/c10-7-1-2-9(8(7)11)3-5-12-6-4-9/h7-8,12H,1-6,11H2/t7-,8+/m0/s1. The predicted molar refractivity (Wildman–Crippen MR) is 46.6 cm³/mol. The van der Waals surface area contributed by atoms with Crippen LogP contribution >= 0.6 is 0 Å². The lowest BCUT2D eigenvalue weighted by Crippen LogP contribution is -2.47. The fraction of sp³-hybridized carbons (Fsp3) is 1.00. The summed E-state index contributed by atoms with van der Waals surface area (Å²) < 4.78 is 13.2. The molecule has 1 saturated carbocycles. The summed E-state index contributed by atoms with van der Waals surface area (Å²) in [5.41, 5.74) is 6.03. The highest BCUT2D eigenvalue weighted by molar-refractivity contribution is 5.01. The molecule has 0 amide bonds. The van der Waals surface area contributed by atoms with Crippen LogP contribution in [-0.2, 0) is 0 Å². The van der Waals surface area contributed by atoms with E-state index in [4.69, 9.17) is 5.73 Å². The van der Waals surface area contributed by atoms with Crippen LogP contribution in [0.15, 0.2) is 0 Å². The molecule has 0 aromatic rings. The third-order valence-electron chi connectivity index (χ3n) is 3.61. The molecule has 0 aromatic carbocycles. The SMILES string of the molecule is N[C@@H]1[C@@H](F)CCC12CCNCC2. The van der Waals surface area contributed by atoms with Gasteiger partial charge in [0.25, 0.3) is 0 Å². The lowest BCUT2D eigenvalue weighted by Gasteiger charge is -2.37. The fourth-order valence-corrected chi connectivity index (χ4v) is 2.66. The van der Waals surface area contributed by atoms with Gasteiger partial charge in [-0.3, -0.25) is 0 Å². The molecular formula is C9H17FN2. The van der Waals surface area contributed by atoms with Crippen LogP contribution in [0.3, 0.4) is 0 Å². The van der Waals surface area contributed by atoms with Crippen molar-refractivity contribution in [1.82, 2.24) is 5.32 Å². The smallest absolute Gasteiger partial charge is 0.116 e. The van der Waals surface area contributed by atoms with Gasteiger partial charge >= 0.3 is 0 Å². The van der Waals surface area contributed by atoms with E-state index in [9.17, 15) is 4.39 Å². The lowest BCUT2D eigenvalue weighted by molar-refractivity contribution is 0.157. The molecule has 1 saturated heterocycles. The van der Waals surface area contributed by atoms with Crippen molar-refractivity contribution in [3.63, 3.8) is 0 Å². The zero-order valence-electron chi connectivity index (χ0n) is 7.35. The van der Waals surface area contributed by atoms with Crippen LogP contribution in [0.5, 0.6) is 0 Å². The zero-order valence-corrected chi connectivity index (χ0v) is 7.35. The summed E-state index contributed by atoms with van der Waals surface area (Å²) in [5.74, 6) is 0. The van der Waals surface area contributed by atoms with Crippen LogP contribution in [0, 0.1) is 5.41 Å². The van der Waals surface area contributed by atoms with Gasteiger partial charge in [0, 0.05) is 6.04 Å². The van der Waals surface area contributed by atoms with Gasteiger partial charge in [0.1, 0.15) is 6.17 Å². The summed E-state index contributed by atoms with van der Waals surface area (Å²) >= 11 is 0. The van der Waals surface area contributed by atoms with Gasteiger partial charge in [-0.05, 0) is 44.2 Å². The first-order chi connectivity index (χ1) is 5.75. The van der Waals surface area contributed by atoms with Gasteiger partial charge in [-0.25, -0.2) is 4.39 Å². The van der Waals surface area contributed by atoms with Crippen molar-refractivity contribution in [2.45, 2.75) is 37.9 Å². The van der Waals surface area contributed by atoms with E-state index in [1.807, 2.05) is 0 Å². The zero-order chi connectivity index (χ0) is 8.60. The molecule has 12 heavy (non-hydrogen) atoms. The fourth-order valence-electron chi connectivity index (χ4n) is 2.66. The molecule has 0 radical (unpaired) electrons. The van der Waals surface area contributed by atoms with Crippen LogP contribution in [0.1, 0.15) is 25.7 Å². The largest absolute Gasteiger partial charge is 0.325 e. The minimum Gasteiger partial charge on any atom is -0.325 e. The summed E-state index contributed by atoms with van der Waals surface area (Å²) in [6, 6.07) is -0.195. The molecule has 3 heteroatoms. The molecule has 3 N–H and O–H groups in total. The maximum Gasteiger partial charge on any atom is 0.116 e. The highest BCUT2D eigenvalue weighted by Gasteiger charge is 2.46. The Labute approximate surface area is 72.7 Å². The van der Waals surface area contributed by atoms with Crippen molar-refractivity contribution in [2.24, 2.45) is 11.1 Å². The van der Waals surface area contributed by atoms with Crippen LogP contribution in [-0.4, -0.2) is 25.3 Å². The first-order valence-electron chi connectivity index (χ1n) is 4.85. The molecule has 1 heterocycles. The second-order valence-electron chi connectivity index (χ2n) is 4.19. The number of rotatable bonds is 0. The molecule has 70 valence electrons. The van der Waals surface area contributed by atoms with Crippen molar-refractivity contribution >= 4 is 0 Å². The third-order valence-corrected chi connectivity index (χ3v) is 3.61. The quantitative estimate of drug-likeness (QED) is 0.567. The molecule has 2 nitrogen and oxygen atoms in total. The second-order valence-corrected chi connectivity index (χ2v) is 4.19. The summed E-state index contributed by atoms with van der Waals surface area (Å²) in [5, 5.41) is 3.29. The normalized spacial score (nSPS) is 40.5. The van der Waals surface area contributed by atoms with Gasteiger partial charge in [0.2, 0.25) is 0 Å². The van der Waals surface area contributed by atoms with Crippen LogP contribution in [0.4, 0.5) is 4.39 Å². The topological polar surface area (TPSA) is 38.0 Å². The minimum atomic E-state index is -0.747. The van der Waals surface area contributed by atoms with Gasteiger partial charge in [0.15, 0.2) is 0 Å². The molecule has 0 bridgehead atoms. The Morgan fingerprint density at radius 1 is 1.25 bits per heavy atom. The molecular weight excluding hydrogens is 155 g/mol. The summed E-state index contributed by atoms with van der Waals surface area (Å²) in [7, 11) is 0. The number of halogens is 1. The first-order valence-corrected chi connectivity index (χ1v) is 4.85. The van der Waals surface area contributed by atoms with Crippen molar-refractivity contribution < 1.29 is 4.39 Å².